The maximum atomic E-state index is 5.34. The molecule has 0 unspecified atom stereocenters. The molecule has 53 heavy (non-hydrogen) atoms. The van der Waals surface area contributed by atoms with Crippen molar-refractivity contribution < 1.29 is 0 Å². The van der Waals surface area contributed by atoms with Crippen LogP contribution >= 0.6 is 0 Å². The van der Waals surface area contributed by atoms with Crippen LogP contribution in [0.25, 0.3) is 115 Å². The molecular weight excluding hydrogens is 643 g/mol. The van der Waals surface area contributed by atoms with E-state index in [4.69, 9.17) is 9.97 Å². The fraction of sp³-hybridized carbons (Fsp3) is 0. The van der Waals surface area contributed by atoms with Crippen molar-refractivity contribution in [3.63, 3.8) is 0 Å². The van der Waals surface area contributed by atoms with E-state index < -0.39 is 0 Å². The van der Waals surface area contributed by atoms with Crippen molar-refractivity contribution in [2.75, 3.05) is 0 Å². The van der Waals surface area contributed by atoms with Gasteiger partial charge in [-0.15, -0.1) is 0 Å². The summed E-state index contributed by atoms with van der Waals surface area (Å²) < 4.78 is 2.29. The summed E-state index contributed by atoms with van der Waals surface area (Å²) in [4.78, 5) is 10.6. The minimum atomic E-state index is 0.698. The highest BCUT2D eigenvalue weighted by Gasteiger charge is 2.19. The van der Waals surface area contributed by atoms with E-state index in [9.17, 15) is 0 Å². The van der Waals surface area contributed by atoms with E-state index in [0.29, 0.717) is 5.82 Å². The number of rotatable bonds is 3. The molecule has 244 valence electrons. The van der Waals surface area contributed by atoms with Crippen molar-refractivity contribution in [2.45, 2.75) is 0 Å². The fourth-order valence-corrected chi connectivity index (χ4v) is 9.01. The Balaban J connectivity index is 1.25. The smallest absolute Gasteiger partial charge is 0.162 e. The molecule has 0 aliphatic rings. The number of hydrogen-bond acceptors (Lipinski definition) is 2. The summed E-state index contributed by atoms with van der Waals surface area (Å²) in [6.45, 7) is 0. The molecule has 0 bridgehead atoms. The van der Waals surface area contributed by atoms with Gasteiger partial charge in [0.15, 0.2) is 5.82 Å². The topological polar surface area (TPSA) is 30.7 Å². The molecule has 2 aromatic heterocycles. The maximum Gasteiger partial charge on any atom is 0.162 e. The molecule has 2 heterocycles. The van der Waals surface area contributed by atoms with Gasteiger partial charge >= 0.3 is 0 Å². The van der Waals surface area contributed by atoms with E-state index in [1.165, 1.54) is 75.4 Å². The van der Waals surface area contributed by atoms with Crippen LogP contribution in [0, 0.1) is 0 Å². The van der Waals surface area contributed by atoms with E-state index in [1.54, 1.807) is 0 Å². The molecule has 0 radical (unpaired) electrons. The van der Waals surface area contributed by atoms with Crippen molar-refractivity contribution >= 4 is 86.4 Å². The number of hydrogen-bond donors (Lipinski definition) is 0. The van der Waals surface area contributed by atoms with E-state index in [1.807, 2.05) is 6.07 Å². The van der Waals surface area contributed by atoms with E-state index in [-0.39, 0.29) is 0 Å². The number of benzene rings is 9. The number of para-hydroxylation sites is 2. The molecule has 3 nitrogen and oxygen atoms in total. The summed E-state index contributed by atoms with van der Waals surface area (Å²) in [7, 11) is 0. The molecule has 3 heteroatoms. The lowest BCUT2D eigenvalue weighted by Gasteiger charge is -2.17. The highest BCUT2D eigenvalue weighted by molar-refractivity contribution is 6.37. The Labute approximate surface area is 304 Å². The van der Waals surface area contributed by atoms with Crippen LogP contribution in [0.3, 0.4) is 0 Å². The van der Waals surface area contributed by atoms with Gasteiger partial charge in [-0.1, -0.05) is 146 Å². The predicted molar refractivity (Wildman–Crippen MR) is 223 cm³/mol. The molecular formula is C50H29N3. The standard InChI is InChI=1S/C50H29N3/c1-2-11-33(12-3-1)50-51-42(29-45(52-50)53-43-21-6-4-16-36(43)37-17-5-7-22-44(37)53)35-27-34-26-25-32-14-9-19-39-38-18-8-13-30-23-24-31-15-10-20-40(48(31)46(30)38)41(28-35)49(34)47(32)39/h1-29H. The van der Waals surface area contributed by atoms with Crippen LogP contribution in [-0.2, 0) is 0 Å². The van der Waals surface area contributed by atoms with Crippen LogP contribution in [0.4, 0.5) is 0 Å². The number of fused-ring (bicyclic) bond motifs is 5. The summed E-state index contributed by atoms with van der Waals surface area (Å²) in [5.41, 5.74) is 5.17. The fourth-order valence-electron chi connectivity index (χ4n) is 9.01. The lowest BCUT2D eigenvalue weighted by molar-refractivity contribution is 1.05. The third-order valence-corrected chi connectivity index (χ3v) is 11.3. The second kappa shape index (κ2) is 10.7. The Morgan fingerprint density at radius 3 is 1.42 bits per heavy atom. The lowest BCUT2D eigenvalue weighted by atomic mass is 9.87. The minimum Gasteiger partial charge on any atom is -0.294 e. The van der Waals surface area contributed by atoms with Crippen molar-refractivity contribution in [3.05, 3.63) is 176 Å². The van der Waals surface area contributed by atoms with Crippen molar-refractivity contribution in [1.29, 1.82) is 0 Å². The third kappa shape index (κ3) is 4.05. The minimum absolute atomic E-state index is 0.698. The average molecular weight is 672 g/mol. The van der Waals surface area contributed by atoms with E-state index in [0.717, 1.165) is 33.7 Å². The molecule has 0 atom stereocenters. The van der Waals surface area contributed by atoms with Gasteiger partial charge in [0.2, 0.25) is 0 Å². The Kier molecular flexibility index (Phi) is 5.77. The van der Waals surface area contributed by atoms with Crippen molar-refractivity contribution in [2.24, 2.45) is 0 Å². The maximum absolute atomic E-state index is 5.34. The summed E-state index contributed by atoms with van der Waals surface area (Å²) >= 11 is 0. The molecule has 0 fully saturated rings. The van der Waals surface area contributed by atoms with E-state index >= 15 is 0 Å². The molecule has 0 spiro atoms. The summed E-state index contributed by atoms with van der Waals surface area (Å²) in [5, 5.41) is 17.6. The second-order valence-corrected chi connectivity index (χ2v) is 14.1. The zero-order valence-corrected chi connectivity index (χ0v) is 28.6. The first-order valence-electron chi connectivity index (χ1n) is 18.2. The van der Waals surface area contributed by atoms with Crippen molar-refractivity contribution in [3.8, 4) is 28.5 Å². The van der Waals surface area contributed by atoms with Crippen LogP contribution in [0.2, 0.25) is 0 Å². The Hall–Kier alpha value is -7.10. The molecule has 0 N–H and O–H groups in total. The van der Waals surface area contributed by atoms with Gasteiger partial charge < -0.3 is 0 Å². The molecule has 10 aromatic carbocycles. The SMILES string of the molecule is c1ccc(-c2nc(-c3cc4ccc5cccc6c7cccc8ccc9cccc(c(c3)c4c56)c9c87)cc(-n3c4ccccc4c4ccccc43)n2)cc1. The molecule has 0 amide bonds. The quantitative estimate of drug-likeness (QED) is 0.175. The van der Waals surface area contributed by atoms with Gasteiger partial charge in [0, 0.05) is 28.0 Å². The van der Waals surface area contributed by atoms with Crippen molar-refractivity contribution in [1.82, 2.24) is 14.5 Å². The number of nitrogens with zero attached hydrogens (tertiary/aromatic N) is 3. The molecule has 0 saturated heterocycles. The van der Waals surface area contributed by atoms with Gasteiger partial charge in [-0.25, -0.2) is 9.97 Å². The van der Waals surface area contributed by atoms with Gasteiger partial charge in [0.1, 0.15) is 5.82 Å². The van der Waals surface area contributed by atoms with Gasteiger partial charge in [-0.2, -0.15) is 0 Å². The molecule has 12 aromatic rings. The zero-order chi connectivity index (χ0) is 34.6. The summed E-state index contributed by atoms with van der Waals surface area (Å²) in [6, 6.07) is 63.8. The second-order valence-electron chi connectivity index (χ2n) is 14.1. The molecule has 0 aliphatic heterocycles. The number of aromatic nitrogens is 3. The Morgan fingerprint density at radius 1 is 0.321 bits per heavy atom. The Bertz CT molecular complexity index is 3390. The van der Waals surface area contributed by atoms with Gasteiger partial charge in [-0.3, -0.25) is 4.57 Å². The third-order valence-electron chi connectivity index (χ3n) is 11.3. The average Bonchev–Trinajstić information content (AvgIpc) is 3.56. The first-order valence-corrected chi connectivity index (χ1v) is 18.2. The molecule has 12 rings (SSSR count). The molecule has 0 saturated carbocycles. The van der Waals surface area contributed by atoms with E-state index in [2.05, 4.69) is 174 Å². The van der Waals surface area contributed by atoms with Crippen LogP contribution in [-0.4, -0.2) is 14.5 Å². The van der Waals surface area contributed by atoms with Crippen LogP contribution in [0.5, 0.6) is 0 Å². The van der Waals surface area contributed by atoms with Crippen LogP contribution in [0.1, 0.15) is 0 Å². The summed E-state index contributed by atoms with van der Waals surface area (Å²) in [5.74, 6) is 1.54. The normalized spacial score (nSPS) is 12.2. The van der Waals surface area contributed by atoms with Crippen LogP contribution in [0.15, 0.2) is 176 Å². The monoisotopic (exact) mass is 671 g/mol. The first kappa shape index (κ1) is 28.6. The van der Waals surface area contributed by atoms with Gasteiger partial charge in [-0.05, 0) is 88.9 Å². The highest BCUT2D eigenvalue weighted by atomic mass is 15.1. The van der Waals surface area contributed by atoms with Crippen LogP contribution < -0.4 is 0 Å². The first-order chi connectivity index (χ1) is 26.3. The van der Waals surface area contributed by atoms with Gasteiger partial charge in [0.25, 0.3) is 0 Å². The highest BCUT2D eigenvalue weighted by Crippen LogP contribution is 2.44. The molecule has 0 aliphatic carbocycles. The predicted octanol–water partition coefficient (Wildman–Crippen LogP) is 13.3. The Morgan fingerprint density at radius 2 is 0.811 bits per heavy atom. The largest absolute Gasteiger partial charge is 0.294 e. The van der Waals surface area contributed by atoms with Gasteiger partial charge in [0.05, 0.1) is 16.7 Å². The lowest BCUT2D eigenvalue weighted by Crippen LogP contribution is -2.02. The summed E-state index contributed by atoms with van der Waals surface area (Å²) in [6.07, 6.45) is 0. The zero-order valence-electron chi connectivity index (χ0n) is 28.6.